The SMILES string of the molecule is CCc1ccccc1N(C(C)=O)c1nc(C[NH+]2CCC(C(N)=O)CC2)cs1. The summed E-state index contributed by atoms with van der Waals surface area (Å²) >= 11 is 1.50. The molecular formula is C20H27N4O2S+. The number of quaternary nitrogens is 1. The van der Waals surface area contributed by atoms with Gasteiger partial charge in [0.2, 0.25) is 11.8 Å². The zero-order chi connectivity index (χ0) is 19.4. The number of hydrogen-bond donors (Lipinski definition) is 2. The molecule has 7 heteroatoms. The van der Waals surface area contributed by atoms with Crippen LogP contribution in [0.3, 0.4) is 0 Å². The van der Waals surface area contributed by atoms with E-state index in [9.17, 15) is 9.59 Å². The van der Waals surface area contributed by atoms with Crippen LogP contribution in [0.5, 0.6) is 0 Å². The van der Waals surface area contributed by atoms with E-state index < -0.39 is 0 Å². The Hall–Kier alpha value is -2.25. The predicted octanol–water partition coefficient (Wildman–Crippen LogP) is 1.67. The first-order valence-electron chi connectivity index (χ1n) is 9.45. The lowest BCUT2D eigenvalue weighted by Crippen LogP contribution is -3.11. The Morgan fingerprint density at radius 1 is 1.30 bits per heavy atom. The number of thiazole rings is 1. The van der Waals surface area contributed by atoms with E-state index in [2.05, 4.69) is 6.92 Å². The van der Waals surface area contributed by atoms with Gasteiger partial charge in [-0.05, 0) is 18.1 Å². The highest BCUT2D eigenvalue weighted by Crippen LogP contribution is 2.31. The highest BCUT2D eigenvalue weighted by atomic mass is 32.1. The van der Waals surface area contributed by atoms with Crippen LogP contribution in [0, 0.1) is 5.92 Å². The van der Waals surface area contributed by atoms with Gasteiger partial charge in [-0.25, -0.2) is 4.98 Å². The van der Waals surface area contributed by atoms with Gasteiger partial charge in [-0.15, -0.1) is 11.3 Å². The molecular weight excluding hydrogens is 360 g/mol. The van der Waals surface area contributed by atoms with Crippen LogP contribution in [-0.2, 0) is 22.6 Å². The predicted molar refractivity (Wildman–Crippen MR) is 107 cm³/mol. The second kappa shape index (κ2) is 8.63. The minimum Gasteiger partial charge on any atom is -0.369 e. The molecule has 1 fully saturated rings. The van der Waals surface area contributed by atoms with E-state index in [1.54, 1.807) is 11.8 Å². The highest BCUT2D eigenvalue weighted by molar-refractivity contribution is 7.14. The second-order valence-electron chi connectivity index (χ2n) is 7.06. The van der Waals surface area contributed by atoms with Crippen LogP contribution < -0.4 is 15.5 Å². The van der Waals surface area contributed by atoms with Gasteiger partial charge in [-0.1, -0.05) is 25.1 Å². The maximum atomic E-state index is 12.4. The lowest BCUT2D eigenvalue weighted by atomic mass is 9.96. The first kappa shape index (κ1) is 19.5. The number of nitrogens with zero attached hydrogens (tertiary/aromatic N) is 2. The maximum absolute atomic E-state index is 12.4. The normalized spacial score (nSPS) is 19.6. The van der Waals surface area contributed by atoms with Crippen LogP contribution in [0.25, 0.3) is 0 Å². The number of carbonyl (C=O) groups is 2. The summed E-state index contributed by atoms with van der Waals surface area (Å²) in [6.07, 6.45) is 2.54. The summed E-state index contributed by atoms with van der Waals surface area (Å²) in [6.45, 7) is 6.32. The van der Waals surface area contributed by atoms with Crippen LogP contribution >= 0.6 is 11.3 Å². The fourth-order valence-corrected chi connectivity index (χ4v) is 4.54. The third-order valence-electron chi connectivity index (χ3n) is 5.19. The Morgan fingerprint density at radius 2 is 2.00 bits per heavy atom. The number of carbonyl (C=O) groups excluding carboxylic acids is 2. The van der Waals surface area contributed by atoms with E-state index in [0.717, 1.165) is 55.8 Å². The molecule has 27 heavy (non-hydrogen) atoms. The molecule has 0 bridgehead atoms. The van der Waals surface area contributed by atoms with Crippen molar-refractivity contribution in [2.24, 2.45) is 11.7 Å². The molecule has 0 spiro atoms. The van der Waals surface area contributed by atoms with Gasteiger partial charge in [-0.2, -0.15) is 0 Å². The van der Waals surface area contributed by atoms with Gasteiger partial charge in [0, 0.05) is 31.1 Å². The van der Waals surface area contributed by atoms with Crippen molar-refractivity contribution >= 4 is 34.0 Å². The van der Waals surface area contributed by atoms with E-state index >= 15 is 0 Å². The molecule has 2 heterocycles. The minimum absolute atomic E-state index is 0.0125. The van der Waals surface area contributed by atoms with Gasteiger partial charge in [-0.3, -0.25) is 14.5 Å². The second-order valence-corrected chi connectivity index (χ2v) is 7.90. The van der Waals surface area contributed by atoms with E-state index in [1.807, 2.05) is 29.6 Å². The summed E-state index contributed by atoms with van der Waals surface area (Å²) in [6, 6.07) is 7.97. The van der Waals surface area contributed by atoms with Gasteiger partial charge in [0.05, 0.1) is 18.8 Å². The minimum atomic E-state index is -0.184. The first-order chi connectivity index (χ1) is 13.0. The molecule has 0 aliphatic carbocycles. The van der Waals surface area contributed by atoms with E-state index in [-0.39, 0.29) is 17.7 Å². The number of likely N-dealkylation sites (tertiary alicyclic amines) is 1. The molecule has 6 nitrogen and oxygen atoms in total. The number of nitrogens with one attached hydrogen (secondary N) is 1. The summed E-state index contributed by atoms with van der Waals surface area (Å²) in [7, 11) is 0. The standard InChI is InChI=1S/C20H26N4O2S/c1-3-15-6-4-5-7-18(15)24(14(2)25)20-22-17(13-27-20)12-23-10-8-16(9-11-23)19(21)26/h4-7,13,16H,3,8-12H2,1-2H3,(H2,21,26)/p+1. The Balaban J connectivity index is 1.73. The average Bonchev–Trinajstić information content (AvgIpc) is 3.10. The third kappa shape index (κ3) is 4.54. The van der Waals surface area contributed by atoms with E-state index in [0.29, 0.717) is 5.13 Å². The Bertz CT molecular complexity index is 812. The van der Waals surface area contributed by atoms with E-state index in [4.69, 9.17) is 10.7 Å². The van der Waals surface area contributed by atoms with Gasteiger partial charge in [0.25, 0.3) is 0 Å². The average molecular weight is 388 g/mol. The molecule has 3 N–H and O–H groups in total. The van der Waals surface area contributed by atoms with Crippen LogP contribution in [-0.4, -0.2) is 29.9 Å². The summed E-state index contributed by atoms with van der Waals surface area (Å²) < 4.78 is 0. The molecule has 1 aliphatic heterocycles. The number of aromatic nitrogens is 1. The zero-order valence-electron chi connectivity index (χ0n) is 15.9. The number of rotatable bonds is 6. The number of anilines is 2. The number of piperidine rings is 1. The monoisotopic (exact) mass is 387 g/mol. The summed E-state index contributed by atoms with van der Waals surface area (Å²) in [5.74, 6) is -0.207. The largest absolute Gasteiger partial charge is 0.369 e. The molecule has 1 saturated heterocycles. The van der Waals surface area contributed by atoms with Gasteiger partial charge in [0.1, 0.15) is 12.2 Å². The van der Waals surface area contributed by atoms with Crippen molar-refractivity contribution in [3.05, 3.63) is 40.9 Å². The maximum Gasteiger partial charge on any atom is 0.230 e. The van der Waals surface area contributed by atoms with E-state index in [1.165, 1.54) is 16.2 Å². The Morgan fingerprint density at radius 3 is 2.63 bits per heavy atom. The Kier molecular flexibility index (Phi) is 6.23. The quantitative estimate of drug-likeness (QED) is 0.791. The van der Waals surface area contributed by atoms with Crippen LogP contribution in [0.4, 0.5) is 10.8 Å². The first-order valence-corrected chi connectivity index (χ1v) is 10.3. The molecule has 0 atom stereocenters. The van der Waals surface area contributed by atoms with Crippen molar-refractivity contribution in [1.82, 2.24) is 4.98 Å². The number of primary amides is 1. The molecule has 2 aromatic rings. The fourth-order valence-electron chi connectivity index (χ4n) is 3.66. The van der Waals surface area contributed by atoms with Crippen molar-refractivity contribution in [2.75, 3.05) is 18.0 Å². The molecule has 0 radical (unpaired) electrons. The molecule has 3 rings (SSSR count). The number of aryl methyl sites for hydroxylation is 1. The van der Waals surface area contributed by atoms with Crippen molar-refractivity contribution in [3.8, 4) is 0 Å². The Labute approximate surface area is 164 Å². The number of hydrogen-bond acceptors (Lipinski definition) is 4. The highest BCUT2D eigenvalue weighted by Gasteiger charge is 2.27. The number of para-hydroxylation sites is 1. The zero-order valence-corrected chi connectivity index (χ0v) is 16.7. The molecule has 1 aromatic carbocycles. The topological polar surface area (TPSA) is 80.7 Å². The van der Waals surface area contributed by atoms with Crippen LogP contribution in [0.1, 0.15) is 37.9 Å². The lowest BCUT2D eigenvalue weighted by molar-refractivity contribution is -0.919. The molecule has 1 aromatic heterocycles. The molecule has 0 unspecified atom stereocenters. The molecule has 1 aliphatic rings. The third-order valence-corrected chi connectivity index (χ3v) is 6.06. The van der Waals surface area contributed by atoms with Crippen LogP contribution in [0.15, 0.2) is 29.6 Å². The smallest absolute Gasteiger partial charge is 0.230 e. The van der Waals surface area contributed by atoms with Crippen molar-refractivity contribution in [1.29, 1.82) is 0 Å². The fraction of sp³-hybridized carbons (Fsp3) is 0.450. The summed E-state index contributed by atoms with van der Waals surface area (Å²) in [5, 5.41) is 2.75. The van der Waals surface area contributed by atoms with Gasteiger partial charge < -0.3 is 10.6 Å². The van der Waals surface area contributed by atoms with Crippen molar-refractivity contribution in [3.63, 3.8) is 0 Å². The van der Waals surface area contributed by atoms with Gasteiger partial charge in [0.15, 0.2) is 5.13 Å². The van der Waals surface area contributed by atoms with Crippen molar-refractivity contribution in [2.45, 2.75) is 39.7 Å². The molecule has 144 valence electrons. The van der Waals surface area contributed by atoms with Crippen molar-refractivity contribution < 1.29 is 14.5 Å². The lowest BCUT2D eigenvalue weighted by Gasteiger charge is -2.27. The van der Waals surface area contributed by atoms with Crippen LogP contribution in [0.2, 0.25) is 0 Å². The number of benzene rings is 1. The number of amides is 2. The van der Waals surface area contributed by atoms with Gasteiger partial charge >= 0.3 is 0 Å². The molecule has 0 saturated carbocycles. The summed E-state index contributed by atoms with van der Waals surface area (Å²) in [5.41, 5.74) is 8.44. The number of nitrogens with two attached hydrogens (primary N) is 1. The molecule has 2 amide bonds. The summed E-state index contributed by atoms with van der Waals surface area (Å²) in [4.78, 5) is 31.5.